The molecule has 2 aliphatic rings. The van der Waals surface area contributed by atoms with Crippen LogP contribution in [0.4, 0.5) is 0 Å². The number of unbranched alkanes of at least 4 members (excludes halogenated alkanes) is 15. The molecule has 0 radical (unpaired) electrons. The van der Waals surface area contributed by atoms with Gasteiger partial charge in [-0.1, -0.05) is 103 Å². The van der Waals surface area contributed by atoms with Gasteiger partial charge in [0.25, 0.3) is 0 Å². The number of rotatable bonds is 18. The van der Waals surface area contributed by atoms with Crippen molar-refractivity contribution in [3.05, 3.63) is 0 Å². The number of hydrogen-bond donors (Lipinski definition) is 1. The molecule has 0 aromatic rings. The number of aliphatic hydroxyl groups is 1. The zero-order chi connectivity index (χ0) is 19.2. The molecule has 2 heteroatoms. The smallest absolute Gasteiger partial charge is 0.0607 e. The molecule has 1 N–H and O–H groups in total. The average molecular weight is 381 g/mol. The monoisotopic (exact) mass is 380 g/mol. The number of aliphatic hydroxyl groups excluding tert-OH is 1. The molecule has 2 saturated carbocycles. The van der Waals surface area contributed by atoms with Gasteiger partial charge in [-0.2, -0.15) is 0 Å². The van der Waals surface area contributed by atoms with Crippen molar-refractivity contribution in [3.63, 3.8) is 0 Å². The molecule has 4 unspecified atom stereocenters. The van der Waals surface area contributed by atoms with Crippen molar-refractivity contribution in [1.82, 2.24) is 0 Å². The van der Waals surface area contributed by atoms with Gasteiger partial charge < -0.3 is 9.84 Å². The van der Waals surface area contributed by atoms with Gasteiger partial charge in [-0.05, 0) is 37.5 Å². The molecule has 0 amide bonds. The predicted octanol–water partition coefficient (Wildman–Crippen LogP) is 7.42. The molecule has 0 aromatic carbocycles. The van der Waals surface area contributed by atoms with Crippen LogP contribution in [0.25, 0.3) is 0 Å². The highest BCUT2D eigenvalue weighted by atomic mass is 16.5. The summed E-state index contributed by atoms with van der Waals surface area (Å²) in [5.41, 5.74) is 0. The highest BCUT2D eigenvalue weighted by Crippen LogP contribution is 2.46. The SMILES string of the molecule is CCCCCCCCCCCCCCCCCCOC1CC2CC1CC2O. The quantitative estimate of drug-likeness (QED) is 0.251. The molecular weight excluding hydrogens is 332 g/mol. The average Bonchev–Trinajstić information content (AvgIpc) is 3.23. The first kappa shape index (κ1) is 23.2. The van der Waals surface area contributed by atoms with Gasteiger partial charge >= 0.3 is 0 Å². The fraction of sp³-hybridized carbons (Fsp3) is 1.00. The fourth-order valence-electron chi connectivity index (χ4n) is 5.28. The number of ether oxygens (including phenoxy) is 1. The van der Waals surface area contributed by atoms with E-state index < -0.39 is 0 Å². The van der Waals surface area contributed by atoms with Crippen LogP contribution in [0.15, 0.2) is 0 Å². The lowest BCUT2D eigenvalue weighted by Gasteiger charge is -2.25. The summed E-state index contributed by atoms with van der Waals surface area (Å²) in [5.74, 6) is 1.21. The van der Waals surface area contributed by atoms with E-state index in [4.69, 9.17) is 4.74 Å². The van der Waals surface area contributed by atoms with E-state index in [-0.39, 0.29) is 6.10 Å². The highest BCUT2D eigenvalue weighted by molar-refractivity contribution is 4.96. The molecule has 4 atom stereocenters. The molecule has 2 bridgehead atoms. The summed E-state index contributed by atoms with van der Waals surface area (Å²) in [6.07, 6.45) is 26.5. The van der Waals surface area contributed by atoms with E-state index >= 15 is 0 Å². The van der Waals surface area contributed by atoms with Crippen molar-refractivity contribution in [2.45, 2.75) is 141 Å². The Hall–Kier alpha value is -0.0800. The van der Waals surface area contributed by atoms with Gasteiger partial charge in [0.1, 0.15) is 0 Å². The first-order valence-electron chi connectivity index (χ1n) is 12.6. The van der Waals surface area contributed by atoms with Gasteiger partial charge in [0.15, 0.2) is 0 Å². The molecule has 2 nitrogen and oxygen atoms in total. The van der Waals surface area contributed by atoms with Gasteiger partial charge in [0.2, 0.25) is 0 Å². The summed E-state index contributed by atoms with van der Waals surface area (Å²) in [4.78, 5) is 0. The Morgan fingerprint density at radius 1 is 0.593 bits per heavy atom. The van der Waals surface area contributed by atoms with Gasteiger partial charge in [0, 0.05) is 6.61 Å². The third kappa shape index (κ3) is 9.79. The molecule has 0 saturated heterocycles. The lowest BCUT2D eigenvalue weighted by Crippen LogP contribution is -2.27. The van der Waals surface area contributed by atoms with Gasteiger partial charge in [-0.3, -0.25) is 0 Å². The lowest BCUT2D eigenvalue weighted by molar-refractivity contribution is -0.0126. The van der Waals surface area contributed by atoms with Crippen LogP contribution in [0, 0.1) is 11.8 Å². The Kier molecular flexibility index (Phi) is 12.8. The van der Waals surface area contributed by atoms with Crippen LogP contribution >= 0.6 is 0 Å². The van der Waals surface area contributed by atoms with Crippen molar-refractivity contribution in [1.29, 1.82) is 0 Å². The Bertz CT molecular complexity index is 341. The third-order valence-corrected chi connectivity index (χ3v) is 7.08. The van der Waals surface area contributed by atoms with E-state index in [1.54, 1.807) is 0 Å². The van der Waals surface area contributed by atoms with Crippen LogP contribution in [-0.4, -0.2) is 23.9 Å². The number of hydrogen-bond acceptors (Lipinski definition) is 2. The summed E-state index contributed by atoms with van der Waals surface area (Å²) < 4.78 is 6.09. The highest BCUT2D eigenvalue weighted by Gasteiger charge is 2.45. The fourth-order valence-corrected chi connectivity index (χ4v) is 5.28. The first-order chi connectivity index (χ1) is 13.3. The van der Waals surface area contributed by atoms with Crippen molar-refractivity contribution in [3.8, 4) is 0 Å². The molecule has 2 aliphatic carbocycles. The van der Waals surface area contributed by atoms with E-state index in [0.29, 0.717) is 17.9 Å². The topological polar surface area (TPSA) is 29.5 Å². The minimum atomic E-state index is -0.0228. The Labute approximate surface area is 169 Å². The molecule has 0 aromatic heterocycles. The van der Waals surface area contributed by atoms with E-state index in [1.165, 1.54) is 109 Å². The maximum Gasteiger partial charge on any atom is 0.0607 e. The van der Waals surface area contributed by atoms with Crippen LogP contribution < -0.4 is 0 Å². The third-order valence-electron chi connectivity index (χ3n) is 7.08. The Balaban J connectivity index is 1.23. The molecular formula is C25H48O2. The molecule has 2 rings (SSSR count). The van der Waals surface area contributed by atoms with E-state index in [9.17, 15) is 5.11 Å². The summed E-state index contributed by atoms with van der Waals surface area (Å²) in [5, 5.41) is 9.80. The maximum absolute atomic E-state index is 9.80. The van der Waals surface area contributed by atoms with Crippen molar-refractivity contribution >= 4 is 0 Å². The minimum Gasteiger partial charge on any atom is -0.393 e. The molecule has 0 aliphatic heterocycles. The van der Waals surface area contributed by atoms with E-state index in [2.05, 4.69) is 6.92 Å². The van der Waals surface area contributed by atoms with Crippen LogP contribution in [0.2, 0.25) is 0 Å². The predicted molar refractivity (Wildman–Crippen MR) is 116 cm³/mol. The van der Waals surface area contributed by atoms with Crippen LogP contribution in [0.3, 0.4) is 0 Å². The largest absolute Gasteiger partial charge is 0.393 e. The van der Waals surface area contributed by atoms with Crippen molar-refractivity contribution in [2.75, 3.05) is 6.61 Å². The number of fused-ring (bicyclic) bond motifs is 2. The summed E-state index contributed by atoms with van der Waals surface area (Å²) >= 11 is 0. The van der Waals surface area contributed by atoms with Crippen molar-refractivity contribution < 1.29 is 9.84 Å². The second-order valence-corrected chi connectivity index (χ2v) is 9.51. The van der Waals surface area contributed by atoms with Crippen molar-refractivity contribution in [2.24, 2.45) is 11.8 Å². The minimum absolute atomic E-state index is 0.0228. The zero-order valence-corrected chi connectivity index (χ0v) is 18.3. The maximum atomic E-state index is 9.80. The van der Waals surface area contributed by atoms with Crippen LogP contribution in [0.5, 0.6) is 0 Å². The molecule has 27 heavy (non-hydrogen) atoms. The second kappa shape index (κ2) is 14.9. The Morgan fingerprint density at radius 3 is 1.48 bits per heavy atom. The first-order valence-corrected chi connectivity index (χ1v) is 12.6. The second-order valence-electron chi connectivity index (χ2n) is 9.51. The Morgan fingerprint density at radius 2 is 1.07 bits per heavy atom. The van der Waals surface area contributed by atoms with E-state index in [0.717, 1.165) is 19.4 Å². The molecule has 0 spiro atoms. The summed E-state index contributed by atoms with van der Waals surface area (Å²) in [7, 11) is 0. The normalized spacial score (nSPS) is 26.9. The molecule has 0 heterocycles. The van der Waals surface area contributed by atoms with Gasteiger partial charge in [-0.25, -0.2) is 0 Å². The standard InChI is InChI=1S/C25H48O2/c1-2-3-4-5-6-7-8-9-10-11-12-13-14-15-16-17-18-27-25-21-22-19-23(25)20-24(22)26/h22-26H,2-21H2,1H3. The van der Waals surface area contributed by atoms with Crippen LogP contribution in [-0.2, 0) is 4.74 Å². The van der Waals surface area contributed by atoms with Gasteiger partial charge in [-0.15, -0.1) is 0 Å². The van der Waals surface area contributed by atoms with E-state index in [1.807, 2.05) is 0 Å². The molecule has 2 fully saturated rings. The molecule has 160 valence electrons. The lowest BCUT2D eigenvalue weighted by atomic mass is 9.95. The zero-order valence-electron chi connectivity index (χ0n) is 18.3. The van der Waals surface area contributed by atoms with Crippen LogP contribution in [0.1, 0.15) is 129 Å². The summed E-state index contributed by atoms with van der Waals surface area (Å²) in [6.45, 7) is 3.24. The van der Waals surface area contributed by atoms with Gasteiger partial charge in [0.05, 0.1) is 12.2 Å². The summed E-state index contributed by atoms with van der Waals surface area (Å²) in [6, 6.07) is 0.